The van der Waals surface area contributed by atoms with Crippen molar-refractivity contribution in [3.63, 3.8) is 0 Å². The summed E-state index contributed by atoms with van der Waals surface area (Å²) in [4.78, 5) is 4.49. The van der Waals surface area contributed by atoms with Crippen LogP contribution in [0.25, 0.3) is 10.8 Å². The van der Waals surface area contributed by atoms with Gasteiger partial charge in [0, 0.05) is 17.1 Å². The molecule has 0 atom stereocenters. The quantitative estimate of drug-likeness (QED) is 0.860. The molecule has 0 amide bonds. The molecule has 1 heterocycles. The van der Waals surface area contributed by atoms with E-state index in [0.717, 1.165) is 11.7 Å². The Morgan fingerprint density at radius 2 is 1.94 bits per heavy atom. The van der Waals surface area contributed by atoms with Gasteiger partial charge in [-0.3, -0.25) is 0 Å². The summed E-state index contributed by atoms with van der Waals surface area (Å²) in [6, 6.07) is 10.5. The molecule has 1 aliphatic rings. The molecular weight excluding hydrogens is 208 g/mol. The van der Waals surface area contributed by atoms with Crippen LogP contribution >= 0.6 is 0 Å². The van der Waals surface area contributed by atoms with Crippen LogP contribution in [0, 0.1) is 5.92 Å². The third-order valence-electron chi connectivity index (χ3n) is 3.71. The van der Waals surface area contributed by atoms with Crippen LogP contribution in [0.1, 0.15) is 26.7 Å². The van der Waals surface area contributed by atoms with E-state index in [9.17, 15) is 0 Å². The summed E-state index contributed by atoms with van der Waals surface area (Å²) >= 11 is 0. The molecule has 0 spiro atoms. The molecule has 3 rings (SSSR count). The number of anilines is 1. The minimum atomic E-state index is 0.150. The van der Waals surface area contributed by atoms with E-state index in [4.69, 9.17) is 0 Å². The first-order valence-corrected chi connectivity index (χ1v) is 6.29. The zero-order valence-corrected chi connectivity index (χ0v) is 10.4. The molecule has 0 saturated heterocycles. The molecule has 1 aromatic heterocycles. The maximum absolute atomic E-state index is 4.49. The molecule has 17 heavy (non-hydrogen) atoms. The van der Waals surface area contributed by atoms with Gasteiger partial charge in [0.15, 0.2) is 0 Å². The van der Waals surface area contributed by atoms with Gasteiger partial charge in [-0.1, -0.05) is 24.3 Å². The van der Waals surface area contributed by atoms with Crippen molar-refractivity contribution in [1.29, 1.82) is 0 Å². The summed E-state index contributed by atoms with van der Waals surface area (Å²) < 4.78 is 0. The van der Waals surface area contributed by atoms with E-state index in [0.29, 0.717) is 0 Å². The topological polar surface area (TPSA) is 24.9 Å². The molecular formula is C15H18N2. The van der Waals surface area contributed by atoms with E-state index in [1.54, 1.807) is 0 Å². The lowest BCUT2D eigenvalue weighted by Crippen LogP contribution is -2.33. The number of nitrogens with zero attached hydrogens (tertiary/aromatic N) is 1. The highest BCUT2D eigenvalue weighted by atomic mass is 15.1. The molecule has 88 valence electrons. The van der Waals surface area contributed by atoms with Gasteiger partial charge >= 0.3 is 0 Å². The molecule has 1 saturated carbocycles. The molecule has 0 unspecified atom stereocenters. The molecule has 0 bridgehead atoms. The number of pyridine rings is 1. The van der Waals surface area contributed by atoms with Crippen molar-refractivity contribution in [3.8, 4) is 0 Å². The lowest BCUT2D eigenvalue weighted by atomic mass is 9.98. The van der Waals surface area contributed by atoms with Crippen molar-refractivity contribution in [2.24, 2.45) is 5.92 Å². The minimum absolute atomic E-state index is 0.150. The highest BCUT2D eigenvalue weighted by Crippen LogP contribution is 2.41. The van der Waals surface area contributed by atoms with Crippen LogP contribution in [0.5, 0.6) is 0 Å². The number of nitrogens with one attached hydrogen (secondary N) is 1. The first-order chi connectivity index (χ1) is 8.17. The van der Waals surface area contributed by atoms with E-state index in [-0.39, 0.29) is 5.54 Å². The van der Waals surface area contributed by atoms with Crippen molar-refractivity contribution in [3.05, 3.63) is 36.5 Å². The van der Waals surface area contributed by atoms with E-state index >= 15 is 0 Å². The summed E-state index contributed by atoms with van der Waals surface area (Å²) in [7, 11) is 0. The predicted octanol–water partition coefficient (Wildman–Crippen LogP) is 3.84. The molecule has 2 nitrogen and oxygen atoms in total. The molecule has 1 aliphatic carbocycles. The maximum Gasteiger partial charge on any atom is 0.134 e. The second-order valence-electron chi connectivity index (χ2n) is 5.50. The summed E-state index contributed by atoms with van der Waals surface area (Å²) in [5.74, 6) is 1.81. The average Bonchev–Trinajstić information content (AvgIpc) is 3.13. The van der Waals surface area contributed by atoms with Crippen molar-refractivity contribution >= 4 is 16.6 Å². The van der Waals surface area contributed by atoms with Crippen LogP contribution in [0.4, 0.5) is 5.82 Å². The van der Waals surface area contributed by atoms with Gasteiger partial charge in [-0.05, 0) is 44.1 Å². The van der Waals surface area contributed by atoms with E-state index < -0.39 is 0 Å². The highest BCUT2D eigenvalue weighted by molar-refractivity contribution is 5.91. The number of aromatic nitrogens is 1. The molecule has 1 aromatic carbocycles. The average molecular weight is 226 g/mol. The van der Waals surface area contributed by atoms with E-state index in [1.807, 2.05) is 6.20 Å². The van der Waals surface area contributed by atoms with Crippen LogP contribution in [-0.4, -0.2) is 10.5 Å². The highest BCUT2D eigenvalue weighted by Gasteiger charge is 2.38. The Kier molecular flexibility index (Phi) is 2.32. The second-order valence-corrected chi connectivity index (χ2v) is 5.50. The Morgan fingerprint density at radius 1 is 1.18 bits per heavy atom. The Hall–Kier alpha value is -1.57. The Labute approximate surface area is 102 Å². The van der Waals surface area contributed by atoms with Gasteiger partial charge in [-0.15, -0.1) is 0 Å². The second kappa shape index (κ2) is 3.73. The summed E-state index contributed by atoms with van der Waals surface area (Å²) in [5.41, 5.74) is 0.150. The first kappa shape index (κ1) is 10.6. The molecule has 2 aromatic rings. The zero-order chi connectivity index (χ0) is 11.9. The van der Waals surface area contributed by atoms with Gasteiger partial charge in [-0.25, -0.2) is 4.98 Å². The van der Waals surface area contributed by atoms with Crippen molar-refractivity contribution in [2.75, 3.05) is 5.32 Å². The van der Waals surface area contributed by atoms with Crippen molar-refractivity contribution in [2.45, 2.75) is 32.2 Å². The molecule has 0 aliphatic heterocycles. The Balaban J connectivity index is 1.99. The predicted molar refractivity (Wildman–Crippen MR) is 72.2 cm³/mol. The lowest BCUT2D eigenvalue weighted by Gasteiger charge is -2.27. The summed E-state index contributed by atoms with van der Waals surface area (Å²) in [6.45, 7) is 4.54. The van der Waals surface area contributed by atoms with Gasteiger partial charge in [0.05, 0.1) is 0 Å². The Bertz CT molecular complexity index is 536. The lowest BCUT2D eigenvalue weighted by molar-refractivity contribution is 0.493. The molecule has 1 N–H and O–H groups in total. The SMILES string of the molecule is CC(C)(Nc1nccc2ccccc12)C1CC1. The van der Waals surface area contributed by atoms with Gasteiger partial charge in [0.2, 0.25) is 0 Å². The fourth-order valence-corrected chi connectivity index (χ4v) is 2.43. The van der Waals surface area contributed by atoms with Crippen LogP contribution in [-0.2, 0) is 0 Å². The van der Waals surface area contributed by atoms with Crippen LogP contribution in [0.15, 0.2) is 36.5 Å². The van der Waals surface area contributed by atoms with E-state index in [1.165, 1.54) is 23.6 Å². The van der Waals surface area contributed by atoms with Crippen LogP contribution in [0.2, 0.25) is 0 Å². The molecule has 2 heteroatoms. The number of hydrogen-bond donors (Lipinski definition) is 1. The number of benzene rings is 1. The smallest absolute Gasteiger partial charge is 0.134 e. The minimum Gasteiger partial charge on any atom is -0.364 e. The van der Waals surface area contributed by atoms with Gasteiger partial charge in [-0.2, -0.15) is 0 Å². The summed E-state index contributed by atoms with van der Waals surface area (Å²) in [6.07, 6.45) is 4.56. The first-order valence-electron chi connectivity index (χ1n) is 6.29. The monoisotopic (exact) mass is 226 g/mol. The fourth-order valence-electron chi connectivity index (χ4n) is 2.43. The van der Waals surface area contributed by atoms with Gasteiger partial charge in [0.1, 0.15) is 5.82 Å². The standard InChI is InChI=1S/C15H18N2/c1-15(2,12-7-8-12)17-14-13-6-4-3-5-11(13)9-10-16-14/h3-6,9-10,12H,7-8H2,1-2H3,(H,16,17). The van der Waals surface area contributed by atoms with Gasteiger partial charge < -0.3 is 5.32 Å². The van der Waals surface area contributed by atoms with Crippen LogP contribution < -0.4 is 5.32 Å². The third-order valence-corrected chi connectivity index (χ3v) is 3.71. The van der Waals surface area contributed by atoms with Gasteiger partial charge in [0.25, 0.3) is 0 Å². The molecule has 0 radical (unpaired) electrons. The number of fused-ring (bicyclic) bond motifs is 1. The maximum atomic E-state index is 4.49. The van der Waals surface area contributed by atoms with Crippen LogP contribution in [0.3, 0.4) is 0 Å². The zero-order valence-electron chi connectivity index (χ0n) is 10.4. The van der Waals surface area contributed by atoms with Crippen molar-refractivity contribution in [1.82, 2.24) is 4.98 Å². The van der Waals surface area contributed by atoms with E-state index in [2.05, 4.69) is 54.5 Å². The Morgan fingerprint density at radius 3 is 2.71 bits per heavy atom. The largest absolute Gasteiger partial charge is 0.364 e. The normalized spacial score (nSPS) is 16.1. The molecule has 1 fully saturated rings. The van der Waals surface area contributed by atoms with Crippen molar-refractivity contribution < 1.29 is 0 Å². The number of hydrogen-bond acceptors (Lipinski definition) is 2. The summed E-state index contributed by atoms with van der Waals surface area (Å²) in [5, 5.41) is 6.07. The fraction of sp³-hybridized carbons (Fsp3) is 0.400. The third kappa shape index (κ3) is 1.99. The number of rotatable bonds is 3.